The van der Waals surface area contributed by atoms with Crippen LogP contribution in [-0.4, -0.2) is 68.1 Å². The molecule has 42 heavy (non-hydrogen) atoms. The van der Waals surface area contributed by atoms with E-state index >= 15 is 4.39 Å². The number of hydrogen-bond donors (Lipinski definition) is 2. The number of rotatable bonds is 13. The zero-order valence-electron chi connectivity index (χ0n) is 25.3. The van der Waals surface area contributed by atoms with Crippen LogP contribution in [0.4, 0.5) is 10.1 Å². The van der Waals surface area contributed by atoms with Crippen LogP contribution in [0.5, 0.6) is 17.2 Å². The molecular weight excluding hydrogens is 541 g/mol. The smallest absolute Gasteiger partial charge is 0.303 e. The summed E-state index contributed by atoms with van der Waals surface area (Å²) in [5, 5.41) is 17.6. The third-order valence-electron chi connectivity index (χ3n) is 7.87. The van der Waals surface area contributed by atoms with Crippen LogP contribution in [0.15, 0.2) is 18.2 Å². The molecule has 0 unspecified atom stereocenters. The third-order valence-corrected chi connectivity index (χ3v) is 7.87. The van der Waals surface area contributed by atoms with Gasteiger partial charge in [-0.2, -0.15) is 0 Å². The number of aliphatic carboxylic acids is 1. The fourth-order valence-corrected chi connectivity index (χ4v) is 5.63. The highest BCUT2D eigenvalue weighted by molar-refractivity contribution is 6.06. The van der Waals surface area contributed by atoms with Gasteiger partial charge in [-0.05, 0) is 61.3 Å². The molecule has 1 fully saturated rings. The molecule has 2 aliphatic rings. The Bertz CT molecular complexity index is 1350. The number of amidine groups is 1. The van der Waals surface area contributed by atoms with E-state index in [1.54, 1.807) is 11.0 Å². The predicted octanol–water partition coefficient (Wildman–Crippen LogP) is 5.79. The van der Waals surface area contributed by atoms with Gasteiger partial charge in [0.1, 0.15) is 11.6 Å². The lowest BCUT2D eigenvalue weighted by molar-refractivity contribution is -0.137. The van der Waals surface area contributed by atoms with Crippen molar-refractivity contribution in [3.63, 3.8) is 0 Å². The van der Waals surface area contributed by atoms with Gasteiger partial charge >= 0.3 is 5.97 Å². The van der Waals surface area contributed by atoms with E-state index in [1.807, 2.05) is 12.1 Å². The fraction of sp³-hybridized carbons (Fsp3) is 0.531. The van der Waals surface area contributed by atoms with Gasteiger partial charge in [0.2, 0.25) is 0 Å². The molecule has 2 N–H and O–H groups in total. The number of halogens is 1. The molecule has 1 saturated heterocycles. The molecule has 0 spiro atoms. The number of carboxylic acids is 1. The lowest BCUT2D eigenvalue weighted by atomic mass is 9.84. The Labute approximate surface area is 247 Å². The van der Waals surface area contributed by atoms with E-state index in [1.165, 1.54) is 14.2 Å². The summed E-state index contributed by atoms with van der Waals surface area (Å²) in [7, 11) is 2.79. The number of ketones is 1. The number of Topliss-reactive ketones (excluding diaryl/α,β-unsaturated/α-hetero) is 1. The maximum absolute atomic E-state index is 15.3. The molecule has 2 heterocycles. The van der Waals surface area contributed by atoms with E-state index in [0.717, 1.165) is 55.8 Å². The summed E-state index contributed by atoms with van der Waals surface area (Å²) in [6.45, 7) is 8.58. The van der Waals surface area contributed by atoms with Crippen molar-refractivity contribution >= 4 is 23.3 Å². The summed E-state index contributed by atoms with van der Waals surface area (Å²) in [6.07, 6.45) is 4.36. The fourth-order valence-electron chi connectivity index (χ4n) is 5.63. The van der Waals surface area contributed by atoms with Gasteiger partial charge in [0.15, 0.2) is 23.1 Å². The second kappa shape index (κ2) is 13.0. The highest BCUT2D eigenvalue weighted by Gasteiger charge is 2.34. The van der Waals surface area contributed by atoms with Gasteiger partial charge in [-0.3, -0.25) is 15.0 Å². The average Bonchev–Trinajstić information content (AvgIpc) is 3.58. The highest BCUT2D eigenvalue weighted by Crippen LogP contribution is 2.42. The number of nitrogens with one attached hydrogen (secondary N) is 1. The van der Waals surface area contributed by atoms with Crippen LogP contribution in [0.3, 0.4) is 0 Å². The topological polar surface area (TPSA) is 112 Å². The number of carboxylic acid groups (broad SMARTS) is 1. The van der Waals surface area contributed by atoms with Crippen molar-refractivity contribution in [2.75, 3.05) is 45.4 Å². The third kappa shape index (κ3) is 6.63. The second-order valence-electron chi connectivity index (χ2n) is 12.0. The lowest BCUT2D eigenvalue weighted by Gasteiger charge is -2.30. The molecule has 0 amide bonds. The van der Waals surface area contributed by atoms with Gasteiger partial charge in [-0.25, -0.2) is 4.39 Å². The van der Waals surface area contributed by atoms with E-state index in [0.29, 0.717) is 24.2 Å². The number of fused-ring (bicyclic) bond motifs is 1. The molecule has 0 aliphatic carbocycles. The molecular formula is C32H42FN3O6. The van der Waals surface area contributed by atoms with Crippen molar-refractivity contribution in [1.29, 1.82) is 5.41 Å². The van der Waals surface area contributed by atoms with Crippen LogP contribution < -0.4 is 19.1 Å². The molecule has 0 saturated carbocycles. The maximum atomic E-state index is 15.3. The predicted molar refractivity (Wildman–Crippen MR) is 159 cm³/mol. The summed E-state index contributed by atoms with van der Waals surface area (Å²) < 4.78 is 32.1. The molecule has 228 valence electrons. The molecule has 0 atom stereocenters. The first-order valence-corrected chi connectivity index (χ1v) is 14.5. The van der Waals surface area contributed by atoms with Crippen molar-refractivity contribution in [2.24, 2.45) is 0 Å². The first-order chi connectivity index (χ1) is 20.0. The summed E-state index contributed by atoms with van der Waals surface area (Å²) >= 11 is 0. The van der Waals surface area contributed by atoms with Crippen molar-refractivity contribution in [3.05, 3.63) is 46.3 Å². The minimum atomic E-state index is -0.792. The second-order valence-corrected chi connectivity index (χ2v) is 12.0. The van der Waals surface area contributed by atoms with E-state index in [4.69, 9.17) is 24.7 Å². The number of ether oxygens (including phenoxy) is 3. The Morgan fingerprint density at radius 1 is 1.02 bits per heavy atom. The first kappa shape index (κ1) is 31.1. The van der Waals surface area contributed by atoms with Crippen molar-refractivity contribution in [3.8, 4) is 17.2 Å². The molecule has 2 aromatic rings. The van der Waals surface area contributed by atoms with Crippen LogP contribution in [0.2, 0.25) is 0 Å². The van der Waals surface area contributed by atoms with Crippen LogP contribution in [0.1, 0.15) is 86.3 Å². The van der Waals surface area contributed by atoms with E-state index in [2.05, 4.69) is 25.7 Å². The number of hydrogen-bond acceptors (Lipinski definition) is 7. The number of benzene rings is 2. The van der Waals surface area contributed by atoms with Gasteiger partial charge in [0, 0.05) is 37.2 Å². The molecule has 2 aliphatic heterocycles. The van der Waals surface area contributed by atoms with Crippen LogP contribution in [0.25, 0.3) is 0 Å². The van der Waals surface area contributed by atoms with Crippen LogP contribution in [0, 0.1) is 11.2 Å². The van der Waals surface area contributed by atoms with Crippen LogP contribution >= 0.6 is 0 Å². The lowest BCUT2D eigenvalue weighted by Crippen LogP contribution is -2.31. The summed E-state index contributed by atoms with van der Waals surface area (Å²) in [5.41, 5.74) is 2.70. The summed E-state index contributed by atoms with van der Waals surface area (Å²) in [6, 6.07) is 5.44. The van der Waals surface area contributed by atoms with E-state index < -0.39 is 11.8 Å². The largest absolute Gasteiger partial charge is 0.493 e. The first-order valence-electron chi connectivity index (χ1n) is 14.5. The van der Waals surface area contributed by atoms with Gasteiger partial charge in [-0.1, -0.05) is 20.8 Å². The highest BCUT2D eigenvalue weighted by atomic mass is 19.1. The minimum absolute atomic E-state index is 0.0586. The maximum Gasteiger partial charge on any atom is 0.303 e. The van der Waals surface area contributed by atoms with Gasteiger partial charge in [0.25, 0.3) is 0 Å². The Morgan fingerprint density at radius 3 is 2.36 bits per heavy atom. The molecule has 0 bridgehead atoms. The molecule has 0 aromatic heterocycles. The number of anilines is 1. The van der Waals surface area contributed by atoms with Crippen molar-refractivity contribution in [1.82, 2.24) is 4.90 Å². The number of methoxy groups -OCH3 is 2. The van der Waals surface area contributed by atoms with Crippen molar-refractivity contribution in [2.45, 2.75) is 71.3 Å². The Kier molecular flexibility index (Phi) is 9.64. The average molecular weight is 584 g/mol. The molecule has 10 heteroatoms. The van der Waals surface area contributed by atoms with Crippen LogP contribution in [-0.2, 0) is 16.8 Å². The Balaban J connectivity index is 1.60. The van der Waals surface area contributed by atoms with E-state index in [9.17, 15) is 9.59 Å². The normalized spacial score (nSPS) is 14.8. The van der Waals surface area contributed by atoms with Gasteiger partial charge in [0.05, 0.1) is 38.6 Å². The quantitative estimate of drug-likeness (QED) is 0.225. The zero-order valence-corrected chi connectivity index (χ0v) is 25.3. The SMILES string of the molecule is COc1cc2c(c(F)c1OC)C(=N)N(CC(=O)c1cc(N3CCCC3)c(OCCCCCC(=O)O)c(C(C)(C)C)c1)C2. The molecule has 4 rings (SSSR count). The number of carbonyl (C=O) groups excluding carboxylic acids is 1. The van der Waals surface area contributed by atoms with Gasteiger partial charge in [-0.15, -0.1) is 0 Å². The van der Waals surface area contributed by atoms with E-state index in [-0.39, 0.29) is 53.6 Å². The Hall–Kier alpha value is -3.82. The molecule has 9 nitrogen and oxygen atoms in total. The zero-order chi connectivity index (χ0) is 30.6. The summed E-state index contributed by atoms with van der Waals surface area (Å²) in [5.74, 6) is -0.730. The number of nitrogens with zero attached hydrogens (tertiary/aromatic N) is 2. The minimum Gasteiger partial charge on any atom is -0.493 e. The molecule has 2 aromatic carbocycles. The molecule has 0 radical (unpaired) electrons. The number of unbranched alkanes of at least 4 members (excludes halogenated alkanes) is 2. The Morgan fingerprint density at radius 2 is 1.74 bits per heavy atom. The number of carbonyl (C=O) groups is 2. The monoisotopic (exact) mass is 583 g/mol. The summed E-state index contributed by atoms with van der Waals surface area (Å²) in [4.78, 5) is 28.4. The standard InChI is InChI=1S/C32H42FN3O6/c1-32(2,3)22-15-20(16-23(35-12-8-9-13-35)29(22)42-14-10-6-7-11-26(38)39)24(37)19-36-18-21-17-25(40-4)30(41-5)28(33)27(21)31(36)34/h15-17,34H,6-14,18-19H2,1-5H3,(H,38,39). The van der Waals surface area contributed by atoms with Gasteiger partial charge < -0.3 is 29.1 Å². The van der Waals surface area contributed by atoms with Crippen molar-refractivity contribution < 1.29 is 33.3 Å².